The number of hydrogen-bond acceptors (Lipinski definition) is 3. The van der Waals surface area contributed by atoms with Crippen molar-refractivity contribution in [3.8, 4) is 0 Å². The zero-order chi connectivity index (χ0) is 15.1. The predicted molar refractivity (Wildman–Crippen MR) is 85.9 cm³/mol. The van der Waals surface area contributed by atoms with Gasteiger partial charge >= 0.3 is 0 Å². The molecule has 0 radical (unpaired) electrons. The van der Waals surface area contributed by atoms with Crippen LogP contribution in [0.25, 0.3) is 0 Å². The molecule has 2 N–H and O–H groups in total. The number of nitrogens with zero attached hydrogens (tertiary/aromatic N) is 1. The summed E-state index contributed by atoms with van der Waals surface area (Å²) in [6.07, 6.45) is 1.13. The predicted octanol–water partition coefficient (Wildman–Crippen LogP) is 2.85. The summed E-state index contributed by atoms with van der Waals surface area (Å²) in [6.45, 7) is 8.21. The third kappa shape index (κ3) is 5.61. The molecule has 0 spiro atoms. The smallest absolute Gasteiger partial charge is 0.0615 e. The van der Waals surface area contributed by atoms with Crippen LogP contribution >= 0.6 is 0 Å². The van der Waals surface area contributed by atoms with Gasteiger partial charge < -0.3 is 10.5 Å². The van der Waals surface area contributed by atoms with Crippen LogP contribution in [0.15, 0.2) is 24.3 Å². The van der Waals surface area contributed by atoms with Gasteiger partial charge in [0.15, 0.2) is 0 Å². The summed E-state index contributed by atoms with van der Waals surface area (Å²) in [7, 11) is 3.83. The first-order valence-electron chi connectivity index (χ1n) is 7.47. The molecule has 1 aromatic carbocycles. The van der Waals surface area contributed by atoms with E-state index in [-0.39, 0.29) is 6.04 Å². The summed E-state index contributed by atoms with van der Waals surface area (Å²) in [6, 6.07) is 9.16. The third-order valence-corrected chi connectivity index (χ3v) is 3.70. The molecule has 0 aromatic heterocycles. The van der Waals surface area contributed by atoms with Crippen molar-refractivity contribution < 1.29 is 4.74 Å². The Hall–Kier alpha value is -0.900. The van der Waals surface area contributed by atoms with Crippen molar-refractivity contribution in [3.05, 3.63) is 35.4 Å². The molecule has 0 aliphatic heterocycles. The van der Waals surface area contributed by atoms with Crippen LogP contribution in [0.5, 0.6) is 0 Å². The number of ether oxygens (including phenoxy) is 1. The largest absolute Gasteiger partial charge is 0.383 e. The van der Waals surface area contributed by atoms with E-state index < -0.39 is 0 Å². The fourth-order valence-electron chi connectivity index (χ4n) is 2.34. The van der Waals surface area contributed by atoms with Crippen molar-refractivity contribution in [2.24, 2.45) is 11.7 Å². The molecular weight excluding hydrogens is 248 g/mol. The van der Waals surface area contributed by atoms with Crippen molar-refractivity contribution in [1.29, 1.82) is 0 Å². The Balaban J connectivity index is 2.56. The normalized spacial score (nSPS) is 14.8. The third-order valence-electron chi connectivity index (χ3n) is 3.70. The first-order valence-corrected chi connectivity index (χ1v) is 7.47. The number of hydrogen-bond donors (Lipinski definition) is 1. The molecule has 0 saturated carbocycles. The minimum Gasteiger partial charge on any atom is -0.383 e. The highest BCUT2D eigenvalue weighted by molar-refractivity contribution is 5.25. The maximum Gasteiger partial charge on any atom is 0.0615 e. The molecule has 1 rings (SSSR count). The molecule has 0 amide bonds. The lowest BCUT2D eigenvalue weighted by molar-refractivity contribution is 0.112. The van der Waals surface area contributed by atoms with Crippen LogP contribution in [0.1, 0.15) is 37.9 Å². The van der Waals surface area contributed by atoms with E-state index in [1.807, 2.05) is 0 Å². The summed E-state index contributed by atoms with van der Waals surface area (Å²) in [5.41, 5.74) is 8.89. The van der Waals surface area contributed by atoms with Crippen molar-refractivity contribution >= 4 is 0 Å². The maximum absolute atomic E-state index is 6.30. The van der Waals surface area contributed by atoms with Crippen LogP contribution in [-0.4, -0.2) is 38.3 Å². The zero-order valence-electron chi connectivity index (χ0n) is 13.6. The molecule has 3 heteroatoms. The number of benzene rings is 1. The molecule has 2 unspecified atom stereocenters. The highest BCUT2D eigenvalue weighted by Gasteiger charge is 2.14. The van der Waals surface area contributed by atoms with E-state index in [1.165, 1.54) is 11.1 Å². The van der Waals surface area contributed by atoms with Crippen molar-refractivity contribution in [2.45, 2.75) is 39.3 Å². The zero-order valence-corrected chi connectivity index (χ0v) is 13.6. The van der Waals surface area contributed by atoms with E-state index >= 15 is 0 Å². The molecular formula is C17H30N2O. The molecule has 3 nitrogen and oxygen atoms in total. The van der Waals surface area contributed by atoms with Gasteiger partial charge in [-0.3, -0.25) is 4.90 Å². The van der Waals surface area contributed by atoms with Gasteiger partial charge in [-0.25, -0.2) is 0 Å². The lowest BCUT2D eigenvalue weighted by Gasteiger charge is -2.27. The average molecular weight is 278 g/mol. The molecule has 0 aliphatic rings. The van der Waals surface area contributed by atoms with Gasteiger partial charge in [0.25, 0.3) is 0 Å². The first kappa shape index (κ1) is 17.2. The Morgan fingerprint density at radius 2 is 1.75 bits per heavy atom. The molecule has 1 aromatic rings. The Kier molecular flexibility index (Phi) is 7.20. The lowest BCUT2D eigenvalue weighted by atomic mass is 9.99. The van der Waals surface area contributed by atoms with E-state index in [4.69, 9.17) is 10.5 Å². The number of methoxy groups -OCH3 is 1. The van der Waals surface area contributed by atoms with Gasteiger partial charge in [0.05, 0.1) is 6.61 Å². The highest BCUT2D eigenvalue weighted by atomic mass is 16.5. The average Bonchev–Trinajstić information content (AvgIpc) is 2.39. The molecule has 20 heavy (non-hydrogen) atoms. The number of rotatable bonds is 8. The fourth-order valence-corrected chi connectivity index (χ4v) is 2.34. The monoisotopic (exact) mass is 278 g/mol. The molecule has 0 saturated heterocycles. The number of likely N-dealkylation sites (N-methyl/N-ethyl adjacent to an activating group) is 1. The van der Waals surface area contributed by atoms with Crippen LogP contribution in [0.2, 0.25) is 0 Å². The van der Waals surface area contributed by atoms with E-state index in [0.29, 0.717) is 12.0 Å². The second-order valence-electron chi connectivity index (χ2n) is 6.19. The molecule has 0 aliphatic carbocycles. The quantitative estimate of drug-likeness (QED) is 0.794. The Morgan fingerprint density at radius 3 is 2.25 bits per heavy atom. The van der Waals surface area contributed by atoms with Crippen LogP contribution in [0, 0.1) is 5.92 Å². The highest BCUT2D eigenvalue weighted by Crippen LogP contribution is 2.15. The Bertz CT molecular complexity index is 375. The van der Waals surface area contributed by atoms with Gasteiger partial charge in [-0.2, -0.15) is 0 Å². The standard InChI is InChI=1S/C17H30N2O/c1-13(2)10-15-6-8-16(9-7-15)17(18)11-19(4)14(3)12-20-5/h6-9,13-14,17H,10-12,18H2,1-5H3. The maximum atomic E-state index is 6.30. The summed E-state index contributed by atoms with van der Waals surface area (Å²) >= 11 is 0. The first-order chi connectivity index (χ1) is 9.43. The summed E-state index contributed by atoms with van der Waals surface area (Å²) < 4.78 is 5.18. The molecule has 0 fully saturated rings. The summed E-state index contributed by atoms with van der Waals surface area (Å²) in [5, 5.41) is 0. The Morgan fingerprint density at radius 1 is 1.15 bits per heavy atom. The van der Waals surface area contributed by atoms with Crippen LogP contribution < -0.4 is 5.73 Å². The van der Waals surface area contributed by atoms with Gasteiger partial charge in [-0.05, 0) is 37.4 Å². The van der Waals surface area contributed by atoms with E-state index in [2.05, 4.69) is 57.0 Å². The summed E-state index contributed by atoms with van der Waals surface area (Å²) in [5.74, 6) is 0.690. The van der Waals surface area contributed by atoms with Crippen LogP contribution in [0.4, 0.5) is 0 Å². The van der Waals surface area contributed by atoms with Crippen molar-refractivity contribution in [3.63, 3.8) is 0 Å². The minimum absolute atomic E-state index is 0.0485. The van der Waals surface area contributed by atoms with Crippen molar-refractivity contribution in [2.75, 3.05) is 27.3 Å². The molecule has 0 heterocycles. The van der Waals surface area contributed by atoms with E-state index in [9.17, 15) is 0 Å². The van der Waals surface area contributed by atoms with Crippen LogP contribution in [-0.2, 0) is 11.2 Å². The van der Waals surface area contributed by atoms with E-state index in [0.717, 1.165) is 19.6 Å². The molecule has 0 bridgehead atoms. The summed E-state index contributed by atoms with van der Waals surface area (Å²) in [4.78, 5) is 2.25. The lowest BCUT2D eigenvalue weighted by Crippen LogP contribution is -2.37. The van der Waals surface area contributed by atoms with Gasteiger partial charge in [-0.1, -0.05) is 38.1 Å². The van der Waals surface area contributed by atoms with E-state index in [1.54, 1.807) is 7.11 Å². The topological polar surface area (TPSA) is 38.5 Å². The second-order valence-corrected chi connectivity index (χ2v) is 6.19. The molecule has 2 atom stereocenters. The molecule has 114 valence electrons. The van der Waals surface area contributed by atoms with Gasteiger partial charge in [-0.15, -0.1) is 0 Å². The van der Waals surface area contributed by atoms with Gasteiger partial charge in [0.2, 0.25) is 0 Å². The number of nitrogens with two attached hydrogens (primary N) is 1. The second kappa shape index (κ2) is 8.40. The Labute approximate surface area is 124 Å². The minimum atomic E-state index is 0.0485. The fraction of sp³-hybridized carbons (Fsp3) is 0.647. The van der Waals surface area contributed by atoms with Crippen LogP contribution in [0.3, 0.4) is 0 Å². The van der Waals surface area contributed by atoms with Crippen molar-refractivity contribution in [1.82, 2.24) is 4.90 Å². The van der Waals surface area contributed by atoms with Gasteiger partial charge in [0.1, 0.15) is 0 Å². The van der Waals surface area contributed by atoms with Gasteiger partial charge in [0, 0.05) is 25.7 Å². The SMILES string of the molecule is COCC(C)N(C)CC(N)c1ccc(CC(C)C)cc1.